The molecule has 11 nitrogen and oxygen atoms in total. The van der Waals surface area contributed by atoms with Gasteiger partial charge in [0.2, 0.25) is 11.9 Å². The average Bonchev–Trinajstić information content (AvgIpc) is 3.25. The van der Waals surface area contributed by atoms with Gasteiger partial charge in [-0.1, -0.05) is 29.8 Å². The van der Waals surface area contributed by atoms with E-state index in [2.05, 4.69) is 25.6 Å². The van der Waals surface area contributed by atoms with Crippen molar-refractivity contribution < 1.29 is 19.4 Å². The van der Waals surface area contributed by atoms with Gasteiger partial charge in [0.15, 0.2) is 0 Å². The summed E-state index contributed by atoms with van der Waals surface area (Å²) in [7, 11) is 3.73. The predicted molar refractivity (Wildman–Crippen MR) is 147 cm³/mol. The number of ether oxygens (including phenoxy) is 1. The Kier molecular flexibility index (Phi) is 7.65. The summed E-state index contributed by atoms with van der Waals surface area (Å²) in [4.78, 5) is 43.2. The maximum absolute atomic E-state index is 13.4. The average molecular weight is 552 g/mol. The van der Waals surface area contributed by atoms with Gasteiger partial charge < -0.3 is 30.3 Å². The Hall–Kier alpha value is -3.80. The van der Waals surface area contributed by atoms with Crippen LogP contribution in [-0.4, -0.2) is 82.8 Å². The third-order valence-electron chi connectivity index (χ3n) is 6.85. The number of rotatable bonds is 9. The Morgan fingerprint density at radius 2 is 2.05 bits per heavy atom. The van der Waals surface area contributed by atoms with Crippen LogP contribution in [0.5, 0.6) is 0 Å². The summed E-state index contributed by atoms with van der Waals surface area (Å²) < 4.78 is 5.19. The van der Waals surface area contributed by atoms with Gasteiger partial charge in [0, 0.05) is 31.8 Å². The number of aliphatic hydroxyl groups is 1. The molecule has 0 unspecified atom stereocenters. The van der Waals surface area contributed by atoms with E-state index in [1.54, 1.807) is 19.1 Å². The van der Waals surface area contributed by atoms with Crippen molar-refractivity contribution in [2.45, 2.75) is 31.6 Å². The SMILES string of the molecule is C[C@H](C(=O)N[C@H](CO)c1cccc(N(C)C)n1)N1Cc2ccc(-c3nc(NC4COC4)ncc3Cl)cc2C1=O. The summed E-state index contributed by atoms with van der Waals surface area (Å²) in [6, 6.07) is 9.53. The fourth-order valence-electron chi connectivity index (χ4n) is 4.45. The Morgan fingerprint density at radius 1 is 1.26 bits per heavy atom. The third-order valence-corrected chi connectivity index (χ3v) is 7.12. The topological polar surface area (TPSA) is 133 Å². The molecule has 1 aromatic carbocycles. The first-order chi connectivity index (χ1) is 18.7. The second kappa shape index (κ2) is 11.1. The number of hydrogen-bond donors (Lipinski definition) is 3. The number of nitrogens with zero attached hydrogens (tertiary/aromatic N) is 5. The standard InChI is InChI=1S/C27H30ClN7O4/c1-15(25(37)32-22(12-36)21-5-4-6-23(31-21)34(2)3)35-11-17-8-7-16(9-19(17)26(35)38)24-20(28)10-29-27(33-24)30-18-13-39-14-18/h4-10,15,18,22,36H,11-14H2,1-3H3,(H,32,37)(H,29,30,33)/t15-,22-/m1/s1. The normalized spacial score (nSPS) is 16.3. The van der Waals surface area contributed by atoms with Gasteiger partial charge in [-0.2, -0.15) is 0 Å². The number of amides is 2. The van der Waals surface area contributed by atoms with E-state index in [-0.39, 0.29) is 31.0 Å². The quantitative estimate of drug-likeness (QED) is 0.366. The molecule has 3 aromatic rings. The van der Waals surface area contributed by atoms with Gasteiger partial charge in [-0.3, -0.25) is 9.59 Å². The molecule has 3 N–H and O–H groups in total. The summed E-state index contributed by atoms with van der Waals surface area (Å²) in [5.74, 6) is 0.489. The zero-order valence-corrected chi connectivity index (χ0v) is 22.6. The van der Waals surface area contributed by atoms with E-state index >= 15 is 0 Å². The molecule has 4 heterocycles. The van der Waals surface area contributed by atoms with Crippen molar-refractivity contribution in [1.82, 2.24) is 25.2 Å². The van der Waals surface area contributed by atoms with Crippen molar-refractivity contribution in [2.75, 3.05) is 44.1 Å². The summed E-state index contributed by atoms with van der Waals surface area (Å²) >= 11 is 6.41. The number of carbonyl (C=O) groups is 2. The molecule has 2 atom stereocenters. The van der Waals surface area contributed by atoms with Crippen LogP contribution in [0.4, 0.5) is 11.8 Å². The number of nitrogens with one attached hydrogen (secondary N) is 2. The van der Waals surface area contributed by atoms with Gasteiger partial charge >= 0.3 is 0 Å². The molecule has 12 heteroatoms. The number of aromatic nitrogens is 3. The summed E-state index contributed by atoms with van der Waals surface area (Å²) in [6.07, 6.45) is 1.53. The Morgan fingerprint density at radius 3 is 2.74 bits per heavy atom. The maximum atomic E-state index is 13.4. The molecule has 0 aliphatic carbocycles. The number of aliphatic hydroxyl groups excluding tert-OH is 1. The number of halogens is 1. The lowest BCUT2D eigenvalue weighted by Crippen LogP contribution is -2.47. The first kappa shape index (κ1) is 26.8. The minimum atomic E-state index is -0.775. The summed E-state index contributed by atoms with van der Waals surface area (Å²) in [5.41, 5.74) is 3.01. The molecular formula is C27H30ClN7O4. The zero-order chi connectivity index (χ0) is 27.7. The zero-order valence-electron chi connectivity index (χ0n) is 21.9. The van der Waals surface area contributed by atoms with E-state index in [9.17, 15) is 14.7 Å². The fraction of sp³-hybridized carbons (Fsp3) is 0.370. The van der Waals surface area contributed by atoms with Crippen molar-refractivity contribution in [3.63, 3.8) is 0 Å². The van der Waals surface area contributed by atoms with Crippen LogP contribution in [0.15, 0.2) is 42.6 Å². The van der Waals surface area contributed by atoms with Crippen LogP contribution in [-0.2, 0) is 16.1 Å². The minimum absolute atomic E-state index is 0.153. The van der Waals surface area contributed by atoms with Crippen LogP contribution >= 0.6 is 11.6 Å². The van der Waals surface area contributed by atoms with E-state index in [0.29, 0.717) is 52.5 Å². The number of pyridine rings is 1. The number of fused-ring (bicyclic) bond motifs is 1. The lowest BCUT2D eigenvalue weighted by molar-refractivity contribution is -0.126. The molecule has 0 spiro atoms. The molecule has 2 aliphatic rings. The lowest BCUT2D eigenvalue weighted by atomic mass is 10.0. The van der Waals surface area contributed by atoms with Crippen LogP contribution in [0.2, 0.25) is 5.02 Å². The lowest BCUT2D eigenvalue weighted by Gasteiger charge is -2.26. The van der Waals surface area contributed by atoms with E-state index in [1.807, 2.05) is 43.3 Å². The van der Waals surface area contributed by atoms with E-state index in [1.165, 1.54) is 11.1 Å². The number of carbonyl (C=O) groups excluding carboxylic acids is 2. The highest BCUT2D eigenvalue weighted by Crippen LogP contribution is 2.32. The van der Waals surface area contributed by atoms with E-state index in [0.717, 1.165) is 5.56 Å². The van der Waals surface area contributed by atoms with Gasteiger partial charge in [-0.15, -0.1) is 0 Å². The maximum Gasteiger partial charge on any atom is 0.255 e. The van der Waals surface area contributed by atoms with Crippen LogP contribution in [0, 0.1) is 0 Å². The number of anilines is 2. The molecule has 5 rings (SSSR count). The van der Waals surface area contributed by atoms with Crippen LogP contribution in [0.3, 0.4) is 0 Å². The van der Waals surface area contributed by atoms with E-state index in [4.69, 9.17) is 16.3 Å². The number of hydrogen-bond acceptors (Lipinski definition) is 9. The third kappa shape index (κ3) is 5.51. The van der Waals surface area contributed by atoms with Crippen molar-refractivity contribution in [3.05, 3.63) is 64.4 Å². The van der Waals surface area contributed by atoms with Crippen molar-refractivity contribution in [3.8, 4) is 11.3 Å². The largest absolute Gasteiger partial charge is 0.394 e. The van der Waals surface area contributed by atoms with Gasteiger partial charge in [0.05, 0.1) is 54.5 Å². The molecule has 2 aliphatic heterocycles. The van der Waals surface area contributed by atoms with Gasteiger partial charge in [-0.05, 0) is 30.7 Å². The monoisotopic (exact) mass is 551 g/mol. The van der Waals surface area contributed by atoms with Crippen LogP contribution < -0.4 is 15.5 Å². The predicted octanol–water partition coefficient (Wildman–Crippen LogP) is 2.26. The Bertz CT molecular complexity index is 1400. The molecule has 39 heavy (non-hydrogen) atoms. The van der Waals surface area contributed by atoms with Gasteiger partial charge in [0.25, 0.3) is 5.91 Å². The summed E-state index contributed by atoms with van der Waals surface area (Å²) in [6.45, 7) is 2.81. The van der Waals surface area contributed by atoms with Crippen molar-refractivity contribution >= 4 is 35.2 Å². The second-order valence-electron chi connectivity index (χ2n) is 9.81. The van der Waals surface area contributed by atoms with Crippen LogP contribution in [0.25, 0.3) is 11.3 Å². The first-order valence-corrected chi connectivity index (χ1v) is 13.0. The molecule has 1 fully saturated rings. The van der Waals surface area contributed by atoms with Gasteiger partial charge in [0.1, 0.15) is 11.9 Å². The molecule has 204 valence electrons. The number of benzene rings is 1. The first-order valence-electron chi connectivity index (χ1n) is 12.6. The Labute approximate surface area is 231 Å². The fourth-order valence-corrected chi connectivity index (χ4v) is 4.65. The second-order valence-corrected chi connectivity index (χ2v) is 10.2. The molecule has 0 bridgehead atoms. The molecular weight excluding hydrogens is 522 g/mol. The van der Waals surface area contributed by atoms with Crippen LogP contribution in [0.1, 0.15) is 34.6 Å². The molecule has 0 radical (unpaired) electrons. The summed E-state index contributed by atoms with van der Waals surface area (Å²) in [5, 5.41) is 16.4. The molecule has 1 saturated heterocycles. The molecule has 0 saturated carbocycles. The highest BCUT2D eigenvalue weighted by molar-refractivity contribution is 6.33. The smallest absolute Gasteiger partial charge is 0.255 e. The van der Waals surface area contributed by atoms with Gasteiger partial charge in [-0.25, -0.2) is 15.0 Å². The van der Waals surface area contributed by atoms with Crippen molar-refractivity contribution in [2.24, 2.45) is 0 Å². The molecule has 2 aromatic heterocycles. The minimum Gasteiger partial charge on any atom is -0.394 e. The molecule has 2 amide bonds. The Balaban J connectivity index is 1.31. The van der Waals surface area contributed by atoms with Crippen molar-refractivity contribution in [1.29, 1.82) is 0 Å². The highest BCUT2D eigenvalue weighted by Gasteiger charge is 2.35. The van der Waals surface area contributed by atoms with E-state index < -0.39 is 12.1 Å². The highest BCUT2D eigenvalue weighted by atomic mass is 35.5.